The Morgan fingerprint density at radius 3 is 2.24 bits per heavy atom. The number of ether oxygens (including phenoxy) is 1. The van der Waals surface area contributed by atoms with Crippen LogP contribution in [0.2, 0.25) is 0 Å². The summed E-state index contributed by atoms with van der Waals surface area (Å²) in [6, 6.07) is 0. The quantitative estimate of drug-likeness (QED) is 0.0273. The minimum atomic E-state index is -1.25. The smallest absolute Gasteiger partial charge is 0.408 e. The number of aliphatic imine (C=N–C) groups is 2. The number of rotatable bonds is 25. The zero-order chi connectivity index (χ0) is 27.2. The minimum absolute atomic E-state index is 0.0369. The number of aliphatic hydroxyl groups is 2. The van der Waals surface area contributed by atoms with Crippen molar-refractivity contribution in [2.75, 3.05) is 67.6 Å². The Hall–Kier alpha value is 0.710. The average molecular weight is 695 g/mol. The Bertz CT molecular complexity index is 655. The topological polar surface area (TPSA) is 168 Å². The molecule has 4 N–H and O–H groups in total. The molecule has 0 aromatic heterocycles. The van der Waals surface area contributed by atoms with Gasteiger partial charge in [-0.25, -0.2) is 9.79 Å². The van der Waals surface area contributed by atoms with Crippen LogP contribution in [0.4, 0.5) is 9.59 Å². The van der Waals surface area contributed by atoms with Crippen LogP contribution in [-0.2, 0) is 25.3 Å². The van der Waals surface area contributed by atoms with Crippen molar-refractivity contribution in [3.8, 4) is 0 Å². The van der Waals surface area contributed by atoms with E-state index in [1.165, 1.54) is 94.3 Å². The van der Waals surface area contributed by atoms with E-state index in [9.17, 15) is 13.8 Å². The molecular formula is C16H30N4O8S9. The first-order valence-corrected chi connectivity index (χ1v) is 20.3. The fourth-order valence-corrected chi connectivity index (χ4v) is 7.91. The van der Waals surface area contributed by atoms with Gasteiger partial charge in [-0.3, -0.25) is 14.0 Å². The van der Waals surface area contributed by atoms with Gasteiger partial charge in [0, 0.05) is 15.3 Å². The molecule has 0 saturated heterocycles. The Labute approximate surface area is 253 Å². The number of nitrogens with one attached hydrogen (secondary N) is 2. The van der Waals surface area contributed by atoms with E-state index in [2.05, 4.69) is 20.6 Å². The molecule has 0 aromatic rings. The molecule has 0 aromatic carbocycles. The van der Waals surface area contributed by atoms with Gasteiger partial charge in [-0.2, -0.15) is 4.89 Å². The summed E-state index contributed by atoms with van der Waals surface area (Å²) in [5.41, 5.74) is 1.36. The van der Waals surface area contributed by atoms with Gasteiger partial charge in [-0.1, -0.05) is 11.8 Å². The number of nitrogens with zero attached hydrogens (tertiary/aromatic N) is 2. The molecule has 216 valence electrons. The average Bonchev–Trinajstić information content (AvgIpc) is 2.89. The maximum atomic E-state index is 11.9. The standard InChI is InChI=1S/C16H30N4O8S9/c21-7-31-11-33-9-26-15(23)19-4-30-3-18-6-37(25)14-35-13-36-16(24)20-5-29-2-17-1-27-28-10-34-12-32-8-22/h1,6,21-22H,2-5,7-14H2,(H,19,23)(H,20,24)/b17-1+,18-6+. The highest BCUT2D eigenvalue weighted by Crippen LogP contribution is 2.14. The first-order chi connectivity index (χ1) is 18.1. The Morgan fingerprint density at radius 2 is 1.51 bits per heavy atom. The van der Waals surface area contributed by atoms with Crippen LogP contribution in [0.15, 0.2) is 9.98 Å². The van der Waals surface area contributed by atoms with Gasteiger partial charge >= 0.3 is 6.09 Å². The molecule has 0 spiro atoms. The van der Waals surface area contributed by atoms with E-state index >= 15 is 0 Å². The summed E-state index contributed by atoms with van der Waals surface area (Å²) >= 11 is 10.8. The molecule has 0 aliphatic carbocycles. The third kappa shape index (κ3) is 31.1. The number of thioether (sulfide) groups is 8. The number of amides is 2. The molecule has 0 radical (unpaired) electrons. The van der Waals surface area contributed by atoms with Gasteiger partial charge in [0.05, 0.1) is 56.8 Å². The van der Waals surface area contributed by atoms with Gasteiger partial charge in [-0.15, -0.1) is 82.3 Å². The fraction of sp³-hybridized carbons (Fsp3) is 0.750. The Balaban J connectivity index is 3.49. The molecule has 0 aliphatic rings. The highest BCUT2D eigenvalue weighted by atomic mass is 32.2. The van der Waals surface area contributed by atoms with Crippen molar-refractivity contribution in [2.45, 2.75) is 0 Å². The van der Waals surface area contributed by atoms with Crippen LogP contribution in [0.25, 0.3) is 0 Å². The lowest BCUT2D eigenvalue weighted by atomic mass is 11.1. The maximum absolute atomic E-state index is 11.9. The van der Waals surface area contributed by atoms with Gasteiger partial charge in [0.15, 0.2) is 0 Å². The van der Waals surface area contributed by atoms with Crippen molar-refractivity contribution in [3.05, 3.63) is 0 Å². The van der Waals surface area contributed by atoms with E-state index in [1.807, 2.05) is 0 Å². The van der Waals surface area contributed by atoms with Crippen LogP contribution in [0.1, 0.15) is 0 Å². The van der Waals surface area contributed by atoms with Crippen LogP contribution in [-0.4, -0.2) is 105 Å². The summed E-state index contributed by atoms with van der Waals surface area (Å²) in [6.07, 6.45) is 0.668. The molecule has 37 heavy (non-hydrogen) atoms. The number of carbonyl (C=O) groups is 2. The second-order valence-corrected chi connectivity index (χ2v) is 15.7. The third-order valence-corrected chi connectivity index (χ3v) is 11.2. The molecular weight excluding hydrogens is 665 g/mol. The summed E-state index contributed by atoms with van der Waals surface area (Å²) in [6.45, 7) is 0. The van der Waals surface area contributed by atoms with Crippen LogP contribution in [0, 0.1) is 0 Å². The highest BCUT2D eigenvalue weighted by molar-refractivity contribution is 8.27. The van der Waals surface area contributed by atoms with E-state index in [4.69, 9.17) is 24.7 Å². The number of alkyl carbamates (subject to hydrolysis) is 1. The van der Waals surface area contributed by atoms with E-state index in [1.54, 1.807) is 0 Å². The molecule has 12 nitrogen and oxygen atoms in total. The van der Waals surface area contributed by atoms with E-state index < -0.39 is 16.9 Å². The number of hydrogen-bond donors (Lipinski definition) is 4. The first kappa shape index (κ1) is 37.7. The second-order valence-electron chi connectivity index (χ2n) is 5.33. The van der Waals surface area contributed by atoms with Gasteiger partial charge in [-0.05, 0) is 0 Å². The van der Waals surface area contributed by atoms with Crippen LogP contribution in [0.3, 0.4) is 0 Å². The van der Waals surface area contributed by atoms with Gasteiger partial charge in [0.1, 0.15) is 11.9 Å². The predicted octanol–water partition coefficient (Wildman–Crippen LogP) is 3.52. The minimum Gasteiger partial charge on any atom is -0.438 e. The summed E-state index contributed by atoms with van der Waals surface area (Å²) in [5.74, 6) is 2.12. The summed E-state index contributed by atoms with van der Waals surface area (Å²) < 4.78 is 16.8. The molecule has 1 atom stereocenters. The zero-order valence-electron chi connectivity index (χ0n) is 19.6. The second kappa shape index (κ2) is 31.2. The molecule has 0 aliphatic heterocycles. The molecule has 0 rings (SSSR count). The third-order valence-electron chi connectivity index (χ3n) is 2.74. The Kier molecular flexibility index (Phi) is 31.8. The molecule has 1 unspecified atom stereocenters. The molecule has 0 heterocycles. The monoisotopic (exact) mass is 694 g/mol. The molecule has 0 bridgehead atoms. The molecule has 0 saturated carbocycles. The summed E-state index contributed by atoms with van der Waals surface area (Å²) in [7, 11) is -1.25. The van der Waals surface area contributed by atoms with Gasteiger partial charge < -0.3 is 30.5 Å². The van der Waals surface area contributed by atoms with Crippen LogP contribution < -0.4 is 10.6 Å². The van der Waals surface area contributed by atoms with Crippen molar-refractivity contribution >= 4 is 128 Å². The SMILES string of the molecule is O=C(NCSC/N=C/S(=O)CSCSC(=O)NCSC/N=C/OOCSCSCO)OCSCSCO. The number of carbonyl (C=O) groups excluding carboxylic acids is 2. The van der Waals surface area contributed by atoms with Crippen molar-refractivity contribution in [1.29, 1.82) is 0 Å². The van der Waals surface area contributed by atoms with Gasteiger partial charge in [0.25, 0.3) is 5.24 Å². The number of hydrogen-bond acceptors (Lipinski definition) is 18. The van der Waals surface area contributed by atoms with Crippen LogP contribution in [0.5, 0.6) is 0 Å². The van der Waals surface area contributed by atoms with Crippen LogP contribution >= 0.6 is 94.1 Å². The lowest BCUT2D eigenvalue weighted by molar-refractivity contribution is -0.196. The van der Waals surface area contributed by atoms with E-state index in [0.29, 0.717) is 49.8 Å². The number of aliphatic hydroxyl groups excluding tert-OH is 2. The Morgan fingerprint density at radius 1 is 0.838 bits per heavy atom. The van der Waals surface area contributed by atoms with Gasteiger partial charge in [0.2, 0.25) is 6.40 Å². The zero-order valence-corrected chi connectivity index (χ0v) is 26.9. The normalized spacial score (nSPS) is 12.2. The predicted molar refractivity (Wildman–Crippen MR) is 169 cm³/mol. The highest BCUT2D eigenvalue weighted by Gasteiger charge is 2.03. The molecule has 21 heteroatoms. The van der Waals surface area contributed by atoms with Crippen molar-refractivity contribution in [2.24, 2.45) is 9.98 Å². The lowest BCUT2D eigenvalue weighted by Crippen LogP contribution is -2.23. The summed E-state index contributed by atoms with van der Waals surface area (Å²) in [5, 5.41) is 24.5. The van der Waals surface area contributed by atoms with Crippen molar-refractivity contribution in [1.82, 2.24) is 10.6 Å². The summed E-state index contributed by atoms with van der Waals surface area (Å²) in [4.78, 5) is 40.8. The van der Waals surface area contributed by atoms with E-state index in [-0.39, 0.29) is 23.1 Å². The maximum Gasteiger partial charge on any atom is 0.408 e. The fourth-order valence-electron chi connectivity index (χ4n) is 1.38. The first-order valence-electron chi connectivity index (χ1n) is 9.81. The van der Waals surface area contributed by atoms with Crippen molar-refractivity contribution in [3.63, 3.8) is 0 Å². The molecule has 0 fully saturated rings. The van der Waals surface area contributed by atoms with E-state index in [0.717, 1.165) is 11.8 Å². The molecule has 2 amide bonds. The lowest BCUT2D eigenvalue weighted by Gasteiger charge is -2.05. The van der Waals surface area contributed by atoms with Crippen molar-refractivity contribution < 1.29 is 38.5 Å². The largest absolute Gasteiger partial charge is 0.438 e.